The second-order valence-corrected chi connectivity index (χ2v) is 4.50. The summed E-state index contributed by atoms with van der Waals surface area (Å²) in [6.07, 6.45) is 0. The molecular formula is C13H9Cl2NO2. The van der Waals surface area contributed by atoms with E-state index in [4.69, 9.17) is 23.2 Å². The predicted octanol–water partition coefficient (Wildman–Crippen LogP) is 3.95. The lowest BCUT2D eigenvalue weighted by atomic mass is 10.2. The van der Waals surface area contributed by atoms with Crippen LogP contribution in [-0.2, 0) is 0 Å². The molecular weight excluding hydrogens is 273 g/mol. The summed E-state index contributed by atoms with van der Waals surface area (Å²) in [6.45, 7) is 0. The molecule has 0 atom stereocenters. The summed E-state index contributed by atoms with van der Waals surface area (Å²) < 4.78 is 0. The third-order valence-corrected chi connectivity index (χ3v) is 2.79. The van der Waals surface area contributed by atoms with Gasteiger partial charge in [-0.3, -0.25) is 4.79 Å². The molecule has 0 aromatic heterocycles. The van der Waals surface area contributed by atoms with E-state index in [0.29, 0.717) is 15.7 Å². The van der Waals surface area contributed by atoms with E-state index >= 15 is 0 Å². The molecule has 0 fully saturated rings. The van der Waals surface area contributed by atoms with Crippen molar-refractivity contribution in [3.63, 3.8) is 0 Å². The Hall–Kier alpha value is -1.71. The van der Waals surface area contributed by atoms with E-state index in [1.807, 2.05) is 0 Å². The van der Waals surface area contributed by atoms with Gasteiger partial charge in [-0.05, 0) is 42.5 Å². The average molecular weight is 282 g/mol. The Bertz CT molecular complexity index is 582. The van der Waals surface area contributed by atoms with Crippen LogP contribution in [0.15, 0.2) is 42.5 Å². The SMILES string of the molecule is O=C(Nc1ccc(Cl)cc1)c1cc(Cl)ccc1O. The van der Waals surface area contributed by atoms with Crippen LogP contribution in [0.5, 0.6) is 5.75 Å². The van der Waals surface area contributed by atoms with Gasteiger partial charge in [-0.2, -0.15) is 0 Å². The molecule has 0 bridgehead atoms. The Balaban J connectivity index is 2.21. The van der Waals surface area contributed by atoms with Crippen LogP contribution >= 0.6 is 23.2 Å². The minimum atomic E-state index is -0.433. The molecule has 0 spiro atoms. The lowest BCUT2D eigenvalue weighted by molar-refractivity contribution is 0.102. The van der Waals surface area contributed by atoms with E-state index in [0.717, 1.165) is 0 Å². The number of carbonyl (C=O) groups excluding carboxylic acids is 1. The summed E-state index contributed by atoms with van der Waals surface area (Å²) in [5, 5.41) is 13.2. The first-order valence-corrected chi connectivity index (χ1v) is 5.87. The number of halogens is 2. The average Bonchev–Trinajstić information content (AvgIpc) is 2.35. The number of phenolic OH excluding ortho intramolecular Hbond substituents is 1. The van der Waals surface area contributed by atoms with E-state index in [1.54, 1.807) is 24.3 Å². The van der Waals surface area contributed by atoms with E-state index in [1.165, 1.54) is 18.2 Å². The van der Waals surface area contributed by atoms with Crippen LogP contribution in [0.3, 0.4) is 0 Å². The lowest BCUT2D eigenvalue weighted by Gasteiger charge is -2.07. The maximum atomic E-state index is 11.9. The zero-order valence-corrected chi connectivity index (χ0v) is 10.7. The highest BCUT2D eigenvalue weighted by Gasteiger charge is 2.11. The van der Waals surface area contributed by atoms with Gasteiger partial charge in [0.15, 0.2) is 0 Å². The number of nitrogens with one attached hydrogen (secondary N) is 1. The van der Waals surface area contributed by atoms with Gasteiger partial charge in [-0.25, -0.2) is 0 Å². The molecule has 1 amide bonds. The fraction of sp³-hybridized carbons (Fsp3) is 0. The van der Waals surface area contributed by atoms with Gasteiger partial charge in [-0.1, -0.05) is 23.2 Å². The standard InChI is InChI=1S/C13H9Cl2NO2/c14-8-1-4-10(5-2-8)16-13(18)11-7-9(15)3-6-12(11)17/h1-7,17H,(H,16,18). The third kappa shape index (κ3) is 2.94. The van der Waals surface area contributed by atoms with Crippen molar-refractivity contribution in [2.75, 3.05) is 5.32 Å². The molecule has 0 radical (unpaired) electrons. The smallest absolute Gasteiger partial charge is 0.259 e. The summed E-state index contributed by atoms with van der Waals surface area (Å²) in [5.41, 5.74) is 0.709. The molecule has 0 saturated heterocycles. The Morgan fingerprint density at radius 3 is 2.28 bits per heavy atom. The second-order valence-electron chi connectivity index (χ2n) is 3.62. The van der Waals surface area contributed by atoms with Crippen LogP contribution in [0.2, 0.25) is 10.0 Å². The molecule has 2 N–H and O–H groups in total. The summed E-state index contributed by atoms with van der Waals surface area (Å²) in [5.74, 6) is -0.553. The van der Waals surface area contributed by atoms with Gasteiger partial charge in [0.2, 0.25) is 0 Å². The van der Waals surface area contributed by atoms with Gasteiger partial charge >= 0.3 is 0 Å². The second kappa shape index (κ2) is 5.29. The summed E-state index contributed by atoms with van der Waals surface area (Å²) in [7, 11) is 0. The number of anilines is 1. The first-order chi connectivity index (χ1) is 8.56. The van der Waals surface area contributed by atoms with Crippen molar-refractivity contribution in [2.45, 2.75) is 0 Å². The van der Waals surface area contributed by atoms with Crippen LogP contribution in [0.4, 0.5) is 5.69 Å². The highest BCUT2D eigenvalue weighted by atomic mass is 35.5. The van der Waals surface area contributed by atoms with Gasteiger partial charge in [0.1, 0.15) is 5.75 Å². The molecule has 0 aliphatic heterocycles. The van der Waals surface area contributed by atoms with Crippen LogP contribution in [0.25, 0.3) is 0 Å². The number of hydrogen-bond acceptors (Lipinski definition) is 2. The molecule has 2 rings (SSSR count). The van der Waals surface area contributed by atoms with Crippen molar-refractivity contribution in [1.29, 1.82) is 0 Å². The van der Waals surface area contributed by atoms with Crippen molar-refractivity contribution in [1.82, 2.24) is 0 Å². The number of amides is 1. The molecule has 0 heterocycles. The molecule has 0 aliphatic rings. The quantitative estimate of drug-likeness (QED) is 0.876. The van der Waals surface area contributed by atoms with Crippen molar-refractivity contribution in [3.8, 4) is 5.75 Å². The van der Waals surface area contributed by atoms with Crippen molar-refractivity contribution < 1.29 is 9.90 Å². The normalized spacial score (nSPS) is 10.1. The van der Waals surface area contributed by atoms with Crippen molar-refractivity contribution in [2.24, 2.45) is 0 Å². The predicted molar refractivity (Wildman–Crippen MR) is 72.5 cm³/mol. The molecule has 0 saturated carbocycles. The highest BCUT2D eigenvalue weighted by molar-refractivity contribution is 6.31. The molecule has 2 aromatic rings. The minimum absolute atomic E-state index is 0.120. The molecule has 2 aromatic carbocycles. The van der Waals surface area contributed by atoms with E-state index in [2.05, 4.69) is 5.32 Å². The molecule has 0 unspecified atom stereocenters. The summed E-state index contributed by atoms with van der Waals surface area (Å²) in [6, 6.07) is 10.9. The first-order valence-electron chi connectivity index (χ1n) is 5.12. The maximum absolute atomic E-state index is 11.9. The monoisotopic (exact) mass is 281 g/mol. The Labute approximate surface area is 114 Å². The first kappa shape index (κ1) is 12.7. The Morgan fingerprint density at radius 1 is 1.00 bits per heavy atom. The maximum Gasteiger partial charge on any atom is 0.259 e. The van der Waals surface area contributed by atoms with Crippen LogP contribution < -0.4 is 5.32 Å². The topological polar surface area (TPSA) is 49.3 Å². The fourth-order valence-electron chi connectivity index (χ4n) is 1.42. The number of phenols is 1. The number of carbonyl (C=O) groups is 1. The van der Waals surface area contributed by atoms with Gasteiger partial charge in [0, 0.05) is 15.7 Å². The molecule has 0 aliphatic carbocycles. The van der Waals surface area contributed by atoms with E-state index < -0.39 is 5.91 Å². The van der Waals surface area contributed by atoms with E-state index in [-0.39, 0.29) is 11.3 Å². The van der Waals surface area contributed by atoms with Crippen molar-refractivity contribution >= 4 is 34.8 Å². The van der Waals surface area contributed by atoms with Crippen molar-refractivity contribution in [3.05, 3.63) is 58.1 Å². The lowest BCUT2D eigenvalue weighted by Crippen LogP contribution is -2.11. The van der Waals surface area contributed by atoms with Crippen LogP contribution in [0, 0.1) is 0 Å². The fourth-order valence-corrected chi connectivity index (χ4v) is 1.72. The van der Waals surface area contributed by atoms with Gasteiger partial charge in [0.25, 0.3) is 5.91 Å². The summed E-state index contributed by atoms with van der Waals surface area (Å²) >= 11 is 11.5. The molecule has 5 heteroatoms. The molecule has 18 heavy (non-hydrogen) atoms. The van der Waals surface area contributed by atoms with Gasteiger partial charge in [0.05, 0.1) is 5.56 Å². The van der Waals surface area contributed by atoms with E-state index in [9.17, 15) is 9.90 Å². The number of rotatable bonds is 2. The highest BCUT2D eigenvalue weighted by Crippen LogP contribution is 2.23. The number of hydrogen-bond donors (Lipinski definition) is 2. The largest absolute Gasteiger partial charge is 0.507 e. The Kier molecular flexibility index (Phi) is 3.75. The van der Waals surface area contributed by atoms with Gasteiger partial charge < -0.3 is 10.4 Å². The zero-order chi connectivity index (χ0) is 13.1. The van der Waals surface area contributed by atoms with Crippen LogP contribution in [0.1, 0.15) is 10.4 Å². The van der Waals surface area contributed by atoms with Crippen LogP contribution in [-0.4, -0.2) is 11.0 Å². The Morgan fingerprint density at radius 2 is 1.61 bits per heavy atom. The molecule has 3 nitrogen and oxygen atoms in total. The number of benzene rings is 2. The minimum Gasteiger partial charge on any atom is -0.507 e. The number of aromatic hydroxyl groups is 1. The van der Waals surface area contributed by atoms with Gasteiger partial charge in [-0.15, -0.1) is 0 Å². The zero-order valence-electron chi connectivity index (χ0n) is 9.15. The third-order valence-electron chi connectivity index (χ3n) is 2.31. The molecule has 92 valence electrons. The summed E-state index contributed by atoms with van der Waals surface area (Å²) in [4.78, 5) is 11.9.